The molecule has 2 amide bonds. The van der Waals surface area contributed by atoms with Crippen molar-refractivity contribution in [3.8, 4) is 11.5 Å². The Morgan fingerprint density at radius 2 is 1.63 bits per heavy atom. The van der Waals surface area contributed by atoms with Crippen LogP contribution >= 0.6 is 0 Å². The smallest absolute Gasteiger partial charge is 0.264 e. The number of anilines is 1. The molecule has 1 heterocycles. The highest BCUT2D eigenvalue weighted by Gasteiger charge is 2.34. The first-order valence-electron chi connectivity index (χ1n) is 14.1. The minimum absolute atomic E-state index is 0.0216. The lowest BCUT2D eigenvalue weighted by Crippen LogP contribution is -2.52. The first-order chi connectivity index (χ1) is 20.6. The zero-order valence-electron chi connectivity index (χ0n) is 23.7. The molecule has 9 nitrogen and oxygen atoms in total. The third-order valence-corrected chi connectivity index (χ3v) is 9.43. The molecule has 0 saturated heterocycles. The molecule has 1 fully saturated rings. The minimum atomic E-state index is -4.42. The second-order valence-corrected chi connectivity index (χ2v) is 12.4. The Kier molecular flexibility index (Phi) is 9.14. The minimum Gasteiger partial charge on any atom is -0.486 e. The summed E-state index contributed by atoms with van der Waals surface area (Å²) in [7, 11) is -4.42. The molecular formula is C31H33F2N3O6S. The van der Waals surface area contributed by atoms with Gasteiger partial charge in [-0.25, -0.2) is 17.2 Å². The van der Waals surface area contributed by atoms with Crippen LogP contribution < -0.4 is 19.1 Å². The fourth-order valence-corrected chi connectivity index (χ4v) is 6.66. The van der Waals surface area contributed by atoms with E-state index in [1.165, 1.54) is 60.4 Å². The van der Waals surface area contributed by atoms with E-state index >= 15 is 0 Å². The topological polar surface area (TPSA) is 105 Å². The number of ether oxygens (including phenoxy) is 2. The molecule has 1 aliphatic carbocycles. The summed E-state index contributed by atoms with van der Waals surface area (Å²) in [6, 6.07) is 13.6. The molecule has 0 aromatic heterocycles. The van der Waals surface area contributed by atoms with E-state index in [-0.39, 0.29) is 41.1 Å². The molecule has 1 aliphatic heterocycles. The van der Waals surface area contributed by atoms with Crippen molar-refractivity contribution in [2.45, 2.75) is 56.1 Å². The fourth-order valence-electron chi connectivity index (χ4n) is 5.23. The molecule has 0 unspecified atom stereocenters. The number of hydrogen-bond acceptors (Lipinski definition) is 6. The zero-order chi connectivity index (χ0) is 30.6. The van der Waals surface area contributed by atoms with Crippen molar-refractivity contribution in [3.63, 3.8) is 0 Å². The number of benzene rings is 3. The van der Waals surface area contributed by atoms with Crippen molar-refractivity contribution in [1.82, 2.24) is 10.2 Å². The van der Waals surface area contributed by atoms with Crippen LogP contribution in [0.15, 0.2) is 71.6 Å². The number of fused-ring (bicyclic) bond motifs is 1. The molecular weight excluding hydrogens is 580 g/mol. The molecule has 43 heavy (non-hydrogen) atoms. The predicted molar refractivity (Wildman–Crippen MR) is 155 cm³/mol. The summed E-state index contributed by atoms with van der Waals surface area (Å²) in [5, 5.41) is 2.96. The van der Waals surface area contributed by atoms with Crippen LogP contribution in [0.4, 0.5) is 14.5 Å². The molecule has 1 atom stereocenters. The van der Waals surface area contributed by atoms with Crippen LogP contribution in [-0.4, -0.2) is 57.0 Å². The number of carbonyl (C=O) groups excluding carboxylic acids is 2. The number of nitrogens with one attached hydrogen (secondary N) is 1. The predicted octanol–water partition coefficient (Wildman–Crippen LogP) is 4.41. The number of nitrogens with zero attached hydrogens (tertiary/aromatic N) is 2. The van der Waals surface area contributed by atoms with Crippen molar-refractivity contribution < 1.29 is 36.3 Å². The van der Waals surface area contributed by atoms with Gasteiger partial charge in [0.05, 0.1) is 10.6 Å². The van der Waals surface area contributed by atoms with Gasteiger partial charge in [-0.15, -0.1) is 0 Å². The van der Waals surface area contributed by atoms with Gasteiger partial charge in [0.25, 0.3) is 10.0 Å². The van der Waals surface area contributed by atoms with E-state index in [0.717, 1.165) is 42.1 Å². The van der Waals surface area contributed by atoms with Crippen LogP contribution in [0, 0.1) is 11.6 Å². The Balaban J connectivity index is 1.49. The van der Waals surface area contributed by atoms with E-state index in [9.17, 15) is 26.8 Å². The summed E-state index contributed by atoms with van der Waals surface area (Å²) in [6.45, 7) is 1.08. The Hall–Kier alpha value is -4.19. The molecule has 0 spiro atoms. The second kappa shape index (κ2) is 13.0. The Labute approximate surface area is 249 Å². The number of sulfonamides is 1. The van der Waals surface area contributed by atoms with Gasteiger partial charge in [-0.3, -0.25) is 13.9 Å². The number of carbonyl (C=O) groups is 2. The highest BCUT2D eigenvalue weighted by atomic mass is 32.2. The zero-order valence-corrected chi connectivity index (χ0v) is 24.5. The van der Waals surface area contributed by atoms with Gasteiger partial charge in [0.15, 0.2) is 11.5 Å². The Morgan fingerprint density at radius 3 is 2.33 bits per heavy atom. The van der Waals surface area contributed by atoms with E-state index in [0.29, 0.717) is 12.4 Å². The molecule has 3 aromatic carbocycles. The van der Waals surface area contributed by atoms with E-state index in [1.807, 2.05) is 0 Å². The van der Waals surface area contributed by atoms with Crippen LogP contribution in [0.3, 0.4) is 0 Å². The van der Waals surface area contributed by atoms with Crippen molar-refractivity contribution in [3.05, 3.63) is 83.9 Å². The van der Waals surface area contributed by atoms with Gasteiger partial charge in [-0.1, -0.05) is 31.0 Å². The first-order valence-corrected chi connectivity index (χ1v) is 15.6. The summed E-state index contributed by atoms with van der Waals surface area (Å²) in [5.74, 6) is -1.71. The molecule has 1 saturated carbocycles. The van der Waals surface area contributed by atoms with Gasteiger partial charge in [0.2, 0.25) is 11.8 Å². The van der Waals surface area contributed by atoms with E-state index < -0.39 is 46.1 Å². The van der Waals surface area contributed by atoms with Crippen LogP contribution in [0.25, 0.3) is 0 Å². The first kappa shape index (κ1) is 30.3. The molecule has 5 rings (SSSR count). The lowest BCUT2D eigenvalue weighted by Gasteiger charge is -2.32. The molecule has 1 N–H and O–H groups in total. The Bertz CT molecular complexity index is 1580. The lowest BCUT2D eigenvalue weighted by molar-refractivity contribution is -0.139. The number of halogens is 2. The van der Waals surface area contributed by atoms with Crippen LogP contribution in [0.5, 0.6) is 11.5 Å². The van der Waals surface area contributed by atoms with Gasteiger partial charge < -0.3 is 19.7 Å². The second-order valence-electron chi connectivity index (χ2n) is 10.6. The van der Waals surface area contributed by atoms with Gasteiger partial charge in [-0.05, 0) is 62.2 Å². The van der Waals surface area contributed by atoms with Crippen molar-refractivity contribution in [2.75, 3.05) is 24.1 Å². The van der Waals surface area contributed by atoms with Gasteiger partial charge >= 0.3 is 0 Å². The molecule has 228 valence electrons. The largest absolute Gasteiger partial charge is 0.486 e. The third-order valence-electron chi connectivity index (χ3n) is 7.66. The standard InChI is InChI=1S/C31H33F2N3O6S/c1-21(31(38)34-24-7-3-4-8-24)35(19-22-6-2-5-9-27(22)33)30(37)20-36(25-12-10-23(32)11-13-25)43(39,40)26-14-15-28-29(18-26)42-17-16-41-28/h2,5-6,9-15,18,21,24H,3-4,7-8,16-17,19-20H2,1H3,(H,34,38)/t21-/m0/s1. The van der Waals surface area contributed by atoms with E-state index in [2.05, 4.69) is 5.32 Å². The molecule has 3 aromatic rings. The summed E-state index contributed by atoms with van der Waals surface area (Å²) < 4.78 is 68.5. The average molecular weight is 614 g/mol. The highest BCUT2D eigenvalue weighted by molar-refractivity contribution is 7.92. The number of hydrogen-bond donors (Lipinski definition) is 1. The summed E-state index contributed by atoms with van der Waals surface area (Å²) in [6.07, 6.45) is 3.63. The summed E-state index contributed by atoms with van der Waals surface area (Å²) in [5.41, 5.74) is 0.193. The quantitative estimate of drug-likeness (QED) is 0.363. The number of rotatable bonds is 10. The van der Waals surface area contributed by atoms with Gasteiger partial charge in [-0.2, -0.15) is 0 Å². The maximum absolute atomic E-state index is 14.7. The van der Waals surface area contributed by atoms with Crippen LogP contribution in [-0.2, 0) is 26.2 Å². The van der Waals surface area contributed by atoms with Crippen LogP contribution in [0.1, 0.15) is 38.2 Å². The van der Waals surface area contributed by atoms with E-state index in [1.54, 1.807) is 6.07 Å². The molecule has 12 heteroatoms. The van der Waals surface area contributed by atoms with Crippen molar-refractivity contribution >= 4 is 27.5 Å². The van der Waals surface area contributed by atoms with Gasteiger partial charge in [0, 0.05) is 24.2 Å². The fraction of sp³-hybridized carbons (Fsp3) is 0.355. The monoisotopic (exact) mass is 613 g/mol. The molecule has 2 aliphatic rings. The number of amides is 2. The normalized spacial score (nSPS) is 15.5. The summed E-state index contributed by atoms with van der Waals surface area (Å²) in [4.78, 5) is 28.3. The average Bonchev–Trinajstić information content (AvgIpc) is 3.52. The maximum Gasteiger partial charge on any atom is 0.264 e. The van der Waals surface area contributed by atoms with Crippen molar-refractivity contribution in [2.24, 2.45) is 0 Å². The maximum atomic E-state index is 14.7. The lowest BCUT2D eigenvalue weighted by atomic mass is 10.1. The molecule has 0 radical (unpaired) electrons. The van der Waals surface area contributed by atoms with E-state index in [4.69, 9.17) is 9.47 Å². The van der Waals surface area contributed by atoms with Gasteiger partial charge in [0.1, 0.15) is 37.4 Å². The molecule has 0 bridgehead atoms. The van der Waals surface area contributed by atoms with Crippen LogP contribution in [0.2, 0.25) is 0 Å². The van der Waals surface area contributed by atoms with Crippen molar-refractivity contribution in [1.29, 1.82) is 0 Å². The SMILES string of the molecule is C[C@@H](C(=O)NC1CCCC1)N(Cc1ccccc1F)C(=O)CN(c1ccc(F)cc1)S(=O)(=O)c1ccc2c(c1)OCCO2. The third kappa shape index (κ3) is 6.90. The highest BCUT2D eigenvalue weighted by Crippen LogP contribution is 2.34. The Morgan fingerprint density at radius 1 is 0.953 bits per heavy atom. The summed E-state index contributed by atoms with van der Waals surface area (Å²) >= 11 is 0.